The highest BCUT2D eigenvalue weighted by Crippen LogP contribution is 2.22. The van der Waals surface area contributed by atoms with Crippen LogP contribution in [0.25, 0.3) is 0 Å². The predicted molar refractivity (Wildman–Crippen MR) is 77.1 cm³/mol. The smallest absolute Gasteiger partial charge is 0.136 e. The molecule has 3 nitrogen and oxygen atoms in total. The highest BCUT2D eigenvalue weighted by Gasteiger charge is 2.28. The van der Waals surface area contributed by atoms with Crippen LogP contribution in [0.4, 0.5) is 0 Å². The SMILES string of the molecule is CCOc1cccc(C(C)N[S+]([O-])C(C)(C)C)c1. The van der Waals surface area contributed by atoms with Crippen LogP contribution in [0.1, 0.15) is 46.2 Å². The minimum absolute atomic E-state index is 0.0328. The number of benzene rings is 1. The van der Waals surface area contributed by atoms with Crippen LogP contribution in [0.15, 0.2) is 24.3 Å². The van der Waals surface area contributed by atoms with Gasteiger partial charge in [-0.25, -0.2) is 0 Å². The lowest BCUT2D eigenvalue weighted by Crippen LogP contribution is -2.40. The Balaban J connectivity index is 2.72. The summed E-state index contributed by atoms with van der Waals surface area (Å²) in [5, 5.41) is 0. The second kappa shape index (κ2) is 6.45. The minimum Gasteiger partial charge on any atom is -0.598 e. The van der Waals surface area contributed by atoms with Crippen molar-refractivity contribution in [2.24, 2.45) is 0 Å². The van der Waals surface area contributed by atoms with Gasteiger partial charge in [0.1, 0.15) is 10.5 Å². The zero-order chi connectivity index (χ0) is 13.8. The largest absolute Gasteiger partial charge is 0.598 e. The van der Waals surface area contributed by atoms with Crippen LogP contribution < -0.4 is 9.46 Å². The molecule has 0 aliphatic carbocycles. The molecule has 1 rings (SSSR count). The number of hydrogen-bond acceptors (Lipinski definition) is 3. The van der Waals surface area contributed by atoms with E-state index in [1.165, 1.54) is 0 Å². The van der Waals surface area contributed by atoms with Gasteiger partial charge in [-0.3, -0.25) is 0 Å². The first-order valence-corrected chi connectivity index (χ1v) is 7.40. The van der Waals surface area contributed by atoms with E-state index in [4.69, 9.17) is 4.74 Å². The van der Waals surface area contributed by atoms with Crippen molar-refractivity contribution in [3.63, 3.8) is 0 Å². The van der Waals surface area contributed by atoms with E-state index in [0.29, 0.717) is 6.61 Å². The summed E-state index contributed by atoms with van der Waals surface area (Å²) in [6.07, 6.45) is 0. The Morgan fingerprint density at radius 1 is 1.39 bits per heavy atom. The summed E-state index contributed by atoms with van der Waals surface area (Å²) >= 11 is -1.07. The monoisotopic (exact) mass is 269 g/mol. The Morgan fingerprint density at radius 3 is 2.61 bits per heavy atom. The molecule has 0 aliphatic heterocycles. The van der Waals surface area contributed by atoms with E-state index in [-0.39, 0.29) is 10.8 Å². The van der Waals surface area contributed by atoms with E-state index in [2.05, 4.69) is 4.72 Å². The lowest BCUT2D eigenvalue weighted by molar-refractivity contribution is 0.339. The molecule has 0 heterocycles. The molecule has 2 unspecified atom stereocenters. The maximum absolute atomic E-state index is 12.0. The summed E-state index contributed by atoms with van der Waals surface area (Å²) in [4.78, 5) is 0. The third kappa shape index (κ3) is 4.52. The predicted octanol–water partition coefficient (Wildman–Crippen LogP) is 3.20. The molecule has 0 bridgehead atoms. The molecule has 18 heavy (non-hydrogen) atoms. The van der Waals surface area contributed by atoms with Crippen LogP contribution in [0, 0.1) is 0 Å². The molecule has 0 aliphatic rings. The molecule has 0 amide bonds. The molecule has 0 saturated heterocycles. The van der Waals surface area contributed by atoms with Crippen LogP contribution in [0.5, 0.6) is 5.75 Å². The van der Waals surface area contributed by atoms with Gasteiger partial charge in [0, 0.05) is 11.4 Å². The van der Waals surface area contributed by atoms with Crippen molar-refractivity contribution in [2.45, 2.75) is 45.4 Å². The Labute approximate surface area is 113 Å². The number of rotatable bonds is 5. The van der Waals surface area contributed by atoms with Crippen LogP contribution in [0.2, 0.25) is 0 Å². The summed E-state index contributed by atoms with van der Waals surface area (Å²) in [6, 6.07) is 7.92. The summed E-state index contributed by atoms with van der Waals surface area (Å²) in [7, 11) is 0. The second-order valence-electron chi connectivity index (χ2n) is 5.23. The van der Waals surface area contributed by atoms with E-state index in [1.54, 1.807) is 0 Å². The first-order valence-electron chi connectivity index (χ1n) is 6.25. The van der Waals surface area contributed by atoms with Crippen LogP contribution in [-0.2, 0) is 11.4 Å². The van der Waals surface area contributed by atoms with Gasteiger partial charge < -0.3 is 9.29 Å². The molecular formula is C14H23NO2S. The van der Waals surface area contributed by atoms with Crippen LogP contribution in [0.3, 0.4) is 0 Å². The Hall–Kier alpha value is -0.710. The molecule has 102 valence electrons. The summed E-state index contributed by atoms with van der Waals surface area (Å²) < 4.78 is 20.4. The zero-order valence-corrected chi connectivity index (χ0v) is 12.6. The van der Waals surface area contributed by atoms with Gasteiger partial charge in [0.05, 0.1) is 12.6 Å². The maximum atomic E-state index is 12.0. The van der Waals surface area contributed by atoms with E-state index < -0.39 is 11.4 Å². The summed E-state index contributed by atoms with van der Waals surface area (Å²) in [5.41, 5.74) is 1.08. The number of hydrogen-bond donors (Lipinski definition) is 1. The lowest BCUT2D eigenvalue weighted by atomic mass is 10.1. The maximum Gasteiger partial charge on any atom is 0.136 e. The van der Waals surface area contributed by atoms with Crippen LogP contribution >= 0.6 is 0 Å². The topological polar surface area (TPSA) is 44.3 Å². The average Bonchev–Trinajstić information content (AvgIpc) is 2.28. The van der Waals surface area contributed by atoms with Gasteiger partial charge in [-0.15, -0.1) is 4.72 Å². The average molecular weight is 269 g/mol. The van der Waals surface area contributed by atoms with Crippen molar-refractivity contribution >= 4 is 11.4 Å². The van der Waals surface area contributed by atoms with Gasteiger partial charge in [-0.05, 0) is 52.3 Å². The fourth-order valence-electron chi connectivity index (χ4n) is 1.45. The Kier molecular flexibility index (Phi) is 5.50. The van der Waals surface area contributed by atoms with Crippen molar-refractivity contribution in [1.29, 1.82) is 0 Å². The van der Waals surface area contributed by atoms with Gasteiger partial charge >= 0.3 is 0 Å². The fraction of sp³-hybridized carbons (Fsp3) is 0.571. The third-order valence-corrected chi connectivity index (χ3v) is 4.19. The molecule has 0 saturated carbocycles. The molecule has 1 N–H and O–H groups in total. The molecule has 0 fully saturated rings. The molecule has 2 atom stereocenters. The quantitative estimate of drug-likeness (QED) is 0.835. The van der Waals surface area contributed by atoms with Crippen molar-refractivity contribution in [3.8, 4) is 5.75 Å². The summed E-state index contributed by atoms with van der Waals surface area (Å²) in [6.45, 7) is 10.5. The van der Waals surface area contributed by atoms with Gasteiger partial charge in [-0.1, -0.05) is 12.1 Å². The molecule has 1 aromatic rings. The van der Waals surface area contributed by atoms with Crippen molar-refractivity contribution in [3.05, 3.63) is 29.8 Å². The number of ether oxygens (including phenoxy) is 1. The van der Waals surface area contributed by atoms with Crippen molar-refractivity contribution in [2.75, 3.05) is 6.61 Å². The molecule has 0 radical (unpaired) electrons. The zero-order valence-electron chi connectivity index (χ0n) is 11.8. The molecule has 0 spiro atoms. The van der Waals surface area contributed by atoms with E-state index in [1.807, 2.05) is 58.9 Å². The standard InChI is InChI=1S/C14H23NO2S/c1-6-17-13-9-7-8-12(10-13)11(2)15-18(16)14(3,4)5/h7-11,15H,6H2,1-5H3. The highest BCUT2D eigenvalue weighted by atomic mass is 32.2. The second-order valence-corrected chi connectivity index (χ2v) is 7.22. The minimum atomic E-state index is -1.07. The van der Waals surface area contributed by atoms with Crippen LogP contribution in [-0.4, -0.2) is 15.9 Å². The van der Waals surface area contributed by atoms with E-state index in [9.17, 15) is 4.55 Å². The molecular weight excluding hydrogens is 246 g/mol. The van der Waals surface area contributed by atoms with Gasteiger partial charge in [0.2, 0.25) is 0 Å². The molecule has 1 aromatic carbocycles. The molecule has 4 heteroatoms. The van der Waals surface area contributed by atoms with Gasteiger partial charge in [0.25, 0.3) is 0 Å². The Morgan fingerprint density at radius 2 is 2.06 bits per heavy atom. The van der Waals surface area contributed by atoms with Gasteiger partial charge in [0.15, 0.2) is 0 Å². The van der Waals surface area contributed by atoms with Crippen molar-refractivity contribution in [1.82, 2.24) is 4.72 Å². The normalized spacial score (nSPS) is 15.2. The fourth-order valence-corrected chi connectivity index (χ4v) is 2.26. The Bertz CT molecular complexity index is 376. The first kappa shape index (κ1) is 15.3. The highest BCUT2D eigenvalue weighted by molar-refractivity contribution is 7.90. The lowest BCUT2D eigenvalue weighted by Gasteiger charge is -2.26. The van der Waals surface area contributed by atoms with E-state index >= 15 is 0 Å². The van der Waals surface area contributed by atoms with Gasteiger partial charge in [-0.2, -0.15) is 0 Å². The molecule has 0 aromatic heterocycles. The summed E-state index contributed by atoms with van der Waals surface area (Å²) in [5.74, 6) is 0.852. The van der Waals surface area contributed by atoms with Crippen molar-refractivity contribution < 1.29 is 9.29 Å². The first-order chi connectivity index (χ1) is 8.34. The van der Waals surface area contributed by atoms with E-state index in [0.717, 1.165) is 11.3 Å². The number of nitrogens with one attached hydrogen (secondary N) is 1. The third-order valence-electron chi connectivity index (χ3n) is 2.51.